The van der Waals surface area contributed by atoms with Crippen LogP contribution in [0.15, 0.2) is 4.42 Å². The Bertz CT molecular complexity index is 344. The first-order chi connectivity index (χ1) is 7.65. The highest BCUT2D eigenvalue weighted by Gasteiger charge is 2.37. The second-order valence-electron chi connectivity index (χ2n) is 4.16. The Balaban J connectivity index is 1.89. The van der Waals surface area contributed by atoms with E-state index in [0.717, 1.165) is 12.8 Å². The SMILES string of the molecule is COC1(CNc2nnc(C(C)Cl)o2)CCC1. The molecule has 1 N–H and O–H groups in total. The zero-order chi connectivity index (χ0) is 11.6. The van der Waals surface area contributed by atoms with Gasteiger partial charge in [0.2, 0.25) is 5.89 Å². The van der Waals surface area contributed by atoms with Crippen LogP contribution >= 0.6 is 11.6 Å². The van der Waals surface area contributed by atoms with Crippen LogP contribution in [0.1, 0.15) is 37.5 Å². The summed E-state index contributed by atoms with van der Waals surface area (Å²) in [5.41, 5.74) is -0.0544. The molecule has 1 saturated carbocycles. The molecule has 1 fully saturated rings. The average Bonchev–Trinajstić information content (AvgIpc) is 2.65. The van der Waals surface area contributed by atoms with Gasteiger partial charge in [0.15, 0.2) is 0 Å². The third-order valence-corrected chi connectivity index (χ3v) is 3.23. The molecule has 0 radical (unpaired) electrons. The van der Waals surface area contributed by atoms with Crippen molar-refractivity contribution in [2.45, 2.75) is 37.2 Å². The highest BCUT2D eigenvalue weighted by atomic mass is 35.5. The molecule has 90 valence electrons. The minimum Gasteiger partial charge on any atom is -0.407 e. The summed E-state index contributed by atoms with van der Waals surface area (Å²) in [5, 5.41) is 10.5. The molecule has 0 aromatic carbocycles. The van der Waals surface area contributed by atoms with E-state index in [1.807, 2.05) is 0 Å². The molecule has 1 unspecified atom stereocenters. The number of hydrogen-bond acceptors (Lipinski definition) is 5. The molecule has 0 bridgehead atoms. The summed E-state index contributed by atoms with van der Waals surface area (Å²) in [5.74, 6) is 0.434. The molecule has 6 heteroatoms. The van der Waals surface area contributed by atoms with Gasteiger partial charge in [0.25, 0.3) is 0 Å². The van der Waals surface area contributed by atoms with Crippen LogP contribution in [-0.4, -0.2) is 29.5 Å². The number of nitrogens with zero attached hydrogens (tertiary/aromatic N) is 2. The maximum absolute atomic E-state index is 5.82. The molecule has 1 atom stereocenters. The van der Waals surface area contributed by atoms with Crippen LogP contribution in [0, 0.1) is 0 Å². The summed E-state index contributed by atoms with van der Waals surface area (Å²) in [4.78, 5) is 0. The lowest BCUT2D eigenvalue weighted by Crippen LogP contribution is -2.45. The van der Waals surface area contributed by atoms with E-state index in [2.05, 4.69) is 15.5 Å². The number of halogens is 1. The summed E-state index contributed by atoms with van der Waals surface area (Å²) in [6.45, 7) is 2.49. The fraction of sp³-hybridized carbons (Fsp3) is 0.800. The van der Waals surface area contributed by atoms with Crippen LogP contribution in [0.4, 0.5) is 6.01 Å². The van der Waals surface area contributed by atoms with Crippen molar-refractivity contribution < 1.29 is 9.15 Å². The molecule has 16 heavy (non-hydrogen) atoms. The van der Waals surface area contributed by atoms with E-state index >= 15 is 0 Å². The van der Waals surface area contributed by atoms with Gasteiger partial charge in [-0.25, -0.2) is 0 Å². The highest BCUT2D eigenvalue weighted by molar-refractivity contribution is 6.20. The van der Waals surface area contributed by atoms with Crippen LogP contribution in [0.2, 0.25) is 0 Å². The van der Waals surface area contributed by atoms with Gasteiger partial charge in [-0.3, -0.25) is 0 Å². The van der Waals surface area contributed by atoms with Gasteiger partial charge in [0, 0.05) is 13.7 Å². The van der Waals surface area contributed by atoms with Crippen LogP contribution < -0.4 is 5.32 Å². The largest absolute Gasteiger partial charge is 0.407 e. The smallest absolute Gasteiger partial charge is 0.315 e. The van der Waals surface area contributed by atoms with Gasteiger partial charge in [-0.15, -0.1) is 16.7 Å². The highest BCUT2D eigenvalue weighted by Crippen LogP contribution is 2.35. The number of aromatic nitrogens is 2. The lowest BCUT2D eigenvalue weighted by Gasteiger charge is -2.40. The number of methoxy groups -OCH3 is 1. The Hall–Kier alpha value is -0.810. The van der Waals surface area contributed by atoms with Gasteiger partial charge in [0.05, 0.1) is 5.60 Å². The van der Waals surface area contributed by atoms with E-state index < -0.39 is 0 Å². The molecule has 0 amide bonds. The molecule has 0 saturated heterocycles. The Morgan fingerprint density at radius 1 is 1.56 bits per heavy atom. The third kappa shape index (κ3) is 2.30. The molecular formula is C10H16ClN3O2. The standard InChI is InChI=1S/C10H16ClN3O2/c1-7(11)8-13-14-9(16-8)12-6-10(15-2)4-3-5-10/h7H,3-6H2,1-2H3,(H,12,14). The maximum atomic E-state index is 5.82. The topological polar surface area (TPSA) is 60.2 Å². The molecule has 1 aliphatic carbocycles. The Labute approximate surface area is 99.5 Å². The molecule has 1 heterocycles. The summed E-state index contributed by atoms with van der Waals surface area (Å²) in [7, 11) is 1.74. The zero-order valence-corrected chi connectivity index (χ0v) is 10.3. The molecule has 1 aromatic rings. The molecule has 0 aliphatic heterocycles. The number of anilines is 1. The monoisotopic (exact) mass is 245 g/mol. The van der Waals surface area contributed by atoms with Crippen molar-refractivity contribution >= 4 is 17.6 Å². The first-order valence-electron chi connectivity index (χ1n) is 5.42. The number of alkyl halides is 1. The van der Waals surface area contributed by atoms with Gasteiger partial charge in [-0.2, -0.15) is 0 Å². The number of hydrogen-bond donors (Lipinski definition) is 1. The Morgan fingerprint density at radius 3 is 2.75 bits per heavy atom. The normalized spacial score (nSPS) is 20.2. The van der Waals surface area contributed by atoms with Gasteiger partial charge in [-0.1, -0.05) is 5.10 Å². The quantitative estimate of drug-likeness (QED) is 0.807. The average molecular weight is 246 g/mol. The molecule has 0 spiro atoms. The van der Waals surface area contributed by atoms with Crippen molar-refractivity contribution in [1.82, 2.24) is 10.2 Å². The van der Waals surface area contributed by atoms with Crippen LogP contribution in [0.25, 0.3) is 0 Å². The van der Waals surface area contributed by atoms with Gasteiger partial charge < -0.3 is 14.5 Å². The van der Waals surface area contributed by atoms with Gasteiger partial charge in [0.1, 0.15) is 5.38 Å². The predicted octanol–water partition coefficient (Wildman–Crippen LogP) is 2.35. The summed E-state index contributed by atoms with van der Waals surface area (Å²) >= 11 is 5.82. The lowest BCUT2D eigenvalue weighted by molar-refractivity contribution is -0.0604. The Kier molecular flexibility index (Phi) is 3.35. The fourth-order valence-electron chi connectivity index (χ4n) is 1.73. The van der Waals surface area contributed by atoms with Crippen molar-refractivity contribution in [2.75, 3.05) is 19.0 Å². The van der Waals surface area contributed by atoms with E-state index in [0.29, 0.717) is 18.5 Å². The van der Waals surface area contributed by atoms with E-state index in [9.17, 15) is 0 Å². The predicted molar refractivity (Wildman–Crippen MR) is 60.6 cm³/mol. The maximum Gasteiger partial charge on any atom is 0.315 e. The van der Waals surface area contributed by atoms with Crippen molar-refractivity contribution in [3.63, 3.8) is 0 Å². The van der Waals surface area contributed by atoms with Crippen molar-refractivity contribution in [2.24, 2.45) is 0 Å². The second kappa shape index (κ2) is 4.59. The van der Waals surface area contributed by atoms with E-state index in [-0.39, 0.29) is 11.0 Å². The zero-order valence-electron chi connectivity index (χ0n) is 9.49. The second-order valence-corrected chi connectivity index (χ2v) is 4.81. The number of ether oxygens (including phenoxy) is 1. The molecule has 5 nitrogen and oxygen atoms in total. The van der Waals surface area contributed by atoms with Crippen LogP contribution in [-0.2, 0) is 4.74 Å². The molecule has 1 aromatic heterocycles. The van der Waals surface area contributed by atoms with Crippen molar-refractivity contribution in [3.8, 4) is 0 Å². The van der Waals surface area contributed by atoms with Crippen LogP contribution in [0.3, 0.4) is 0 Å². The van der Waals surface area contributed by atoms with Gasteiger partial charge >= 0.3 is 6.01 Å². The van der Waals surface area contributed by atoms with E-state index in [1.165, 1.54) is 6.42 Å². The third-order valence-electron chi connectivity index (χ3n) is 3.04. The van der Waals surface area contributed by atoms with Crippen molar-refractivity contribution in [3.05, 3.63) is 5.89 Å². The minimum atomic E-state index is -0.261. The fourth-order valence-corrected chi connectivity index (χ4v) is 1.82. The molecule has 2 rings (SSSR count). The number of nitrogens with one attached hydrogen (secondary N) is 1. The van der Waals surface area contributed by atoms with E-state index in [4.69, 9.17) is 20.8 Å². The summed E-state index contributed by atoms with van der Waals surface area (Å²) < 4.78 is 10.8. The summed E-state index contributed by atoms with van der Waals surface area (Å²) in [6, 6.07) is 0.408. The van der Waals surface area contributed by atoms with Gasteiger partial charge in [-0.05, 0) is 26.2 Å². The lowest BCUT2D eigenvalue weighted by atomic mass is 9.80. The molecular weight excluding hydrogens is 230 g/mol. The number of rotatable bonds is 5. The first kappa shape index (κ1) is 11.7. The summed E-state index contributed by atoms with van der Waals surface area (Å²) in [6.07, 6.45) is 3.36. The van der Waals surface area contributed by atoms with Crippen LogP contribution in [0.5, 0.6) is 0 Å². The minimum absolute atomic E-state index is 0.0544. The molecule has 1 aliphatic rings. The first-order valence-corrected chi connectivity index (χ1v) is 5.85. The Morgan fingerprint density at radius 2 is 2.31 bits per heavy atom. The van der Waals surface area contributed by atoms with E-state index in [1.54, 1.807) is 14.0 Å². The van der Waals surface area contributed by atoms with Crippen molar-refractivity contribution in [1.29, 1.82) is 0 Å².